The lowest BCUT2D eigenvalue weighted by Crippen LogP contribution is -2.54. The summed E-state index contributed by atoms with van der Waals surface area (Å²) in [5, 5.41) is 2.77. The number of carbonyl (C=O) groups is 3. The number of aryl methyl sites for hydroxylation is 1. The first-order valence-electron chi connectivity index (χ1n) is 10.9. The maximum Gasteiger partial charge on any atom is 0.251 e. The minimum absolute atomic E-state index is 0.195. The molecule has 2 aliphatic heterocycles. The van der Waals surface area contributed by atoms with Gasteiger partial charge in [-0.3, -0.25) is 14.4 Å². The predicted octanol–water partition coefficient (Wildman–Crippen LogP) is 1.86. The van der Waals surface area contributed by atoms with Crippen molar-refractivity contribution in [1.29, 1.82) is 0 Å². The molecule has 2 aromatic rings. The molecule has 1 N–H and O–H groups in total. The van der Waals surface area contributed by atoms with Gasteiger partial charge < -0.3 is 19.5 Å². The van der Waals surface area contributed by atoms with Gasteiger partial charge in [0.2, 0.25) is 5.91 Å². The SMILES string of the molecule is CC(C)C(NC(=O)c1ccc(/C=C/c2cncn2C)cc1)C(=O)N1C[C@H](F)[C@H]2OCC(=O)[C@H]21. The Morgan fingerprint density at radius 2 is 1.97 bits per heavy atom. The van der Waals surface area contributed by atoms with Crippen LogP contribution in [0.5, 0.6) is 0 Å². The Morgan fingerprint density at radius 3 is 2.61 bits per heavy atom. The first-order valence-corrected chi connectivity index (χ1v) is 10.9. The molecule has 0 bridgehead atoms. The smallest absolute Gasteiger partial charge is 0.251 e. The van der Waals surface area contributed by atoms with E-state index in [4.69, 9.17) is 4.74 Å². The van der Waals surface area contributed by atoms with Crippen LogP contribution >= 0.6 is 0 Å². The van der Waals surface area contributed by atoms with Gasteiger partial charge in [0.1, 0.15) is 31.0 Å². The molecule has 0 saturated carbocycles. The van der Waals surface area contributed by atoms with Gasteiger partial charge in [-0.05, 0) is 29.7 Å². The van der Waals surface area contributed by atoms with Crippen molar-refractivity contribution in [3.63, 3.8) is 0 Å². The molecule has 1 aromatic carbocycles. The summed E-state index contributed by atoms with van der Waals surface area (Å²) < 4.78 is 21.4. The first-order chi connectivity index (χ1) is 15.8. The molecule has 4 atom stereocenters. The third-order valence-corrected chi connectivity index (χ3v) is 6.10. The summed E-state index contributed by atoms with van der Waals surface area (Å²) >= 11 is 0. The fourth-order valence-electron chi connectivity index (χ4n) is 4.20. The second kappa shape index (κ2) is 9.27. The molecule has 174 valence electrons. The second-order valence-electron chi connectivity index (χ2n) is 8.77. The van der Waals surface area contributed by atoms with Crippen molar-refractivity contribution in [3.8, 4) is 0 Å². The molecule has 8 nitrogen and oxygen atoms in total. The predicted molar refractivity (Wildman–Crippen MR) is 120 cm³/mol. The summed E-state index contributed by atoms with van der Waals surface area (Å²) in [4.78, 5) is 43.5. The van der Waals surface area contributed by atoms with Crippen LogP contribution in [0.2, 0.25) is 0 Å². The van der Waals surface area contributed by atoms with E-state index in [0.29, 0.717) is 5.56 Å². The quantitative estimate of drug-likeness (QED) is 0.719. The van der Waals surface area contributed by atoms with E-state index in [1.165, 1.54) is 4.90 Å². The van der Waals surface area contributed by atoms with Crippen LogP contribution in [0.3, 0.4) is 0 Å². The first kappa shape index (κ1) is 22.8. The molecule has 0 spiro atoms. The molecule has 0 aliphatic carbocycles. The summed E-state index contributed by atoms with van der Waals surface area (Å²) in [7, 11) is 1.90. The Hall–Kier alpha value is -3.33. The van der Waals surface area contributed by atoms with Crippen molar-refractivity contribution in [2.45, 2.75) is 38.2 Å². The van der Waals surface area contributed by atoms with Crippen LogP contribution in [0, 0.1) is 5.92 Å². The Balaban J connectivity index is 1.44. The van der Waals surface area contributed by atoms with Crippen molar-refractivity contribution in [3.05, 3.63) is 53.6 Å². The number of aromatic nitrogens is 2. The maximum absolute atomic E-state index is 14.3. The van der Waals surface area contributed by atoms with Crippen molar-refractivity contribution < 1.29 is 23.5 Å². The van der Waals surface area contributed by atoms with Gasteiger partial charge in [0.05, 0.1) is 24.8 Å². The lowest BCUT2D eigenvalue weighted by Gasteiger charge is -2.29. The molecule has 2 saturated heterocycles. The van der Waals surface area contributed by atoms with E-state index in [1.54, 1.807) is 50.6 Å². The lowest BCUT2D eigenvalue weighted by atomic mass is 10.0. The van der Waals surface area contributed by atoms with Gasteiger partial charge in [-0.2, -0.15) is 0 Å². The number of imidazole rings is 1. The number of carbonyl (C=O) groups excluding carboxylic acids is 3. The number of rotatable bonds is 6. The molecule has 2 aliphatic rings. The van der Waals surface area contributed by atoms with Gasteiger partial charge >= 0.3 is 0 Å². The summed E-state index contributed by atoms with van der Waals surface area (Å²) in [6.45, 7) is 3.18. The zero-order valence-corrected chi connectivity index (χ0v) is 18.8. The zero-order valence-electron chi connectivity index (χ0n) is 18.8. The van der Waals surface area contributed by atoms with Crippen LogP contribution in [-0.2, 0) is 21.4 Å². The summed E-state index contributed by atoms with van der Waals surface area (Å²) in [6.07, 6.45) is 4.96. The number of amides is 2. The Morgan fingerprint density at radius 1 is 1.24 bits per heavy atom. The number of Topliss-reactive ketones (excluding diaryl/α,β-unsaturated/α-hetero) is 1. The average molecular weight is 455 g/mol. The van der Waals surface area contributed by atoms with E-state index in [1.807, 2.05) is 23.8 Å². The number of hydrogen-bond donors (Lipinski definition) is 1. The van der Waals surface area contributed by atoms with Crippen LogP contribution in [0.1, 0.15) is 35.5 Å². The lowest BCUT2D eigenvalue weighted by molar-refractivity contribution is -0.139. The molecule has 1 aromatic heterocycles. The molecule has 2 fully saturated rings. The standard InChI is InChI=1S/C24H27FN4O4/c1-14(2)20(24(32)29-11-18(25)22-21(29)19(30)12-33-22)27-23(31)16-7-4-15(5-8-16)6-9-17-10-26-13-28(17)3/h4-10,13-14,18,20-22H,11-12H2,1-3H3,(H,27,31)/b9-6+/t18-,20?,21+,22+/m0/s1. The number of alkyl halides is 1. The Labute approximate surface area is 191 Å². The largest absolute Gasteiger partial charge is 0.365 e. The van der Waals surface area contributed by atoms with Crippen molar-refractivity contribution in [2.75, 3.05) is 13.2 Å². The highest BCUT2D eigenvalue weighted by Crippen LogP contribution is 2.30. The highest BCUT2D eigenvalue weighted by atomic mass is 19.1. The summed E-state index contributed by atoms with van der Waals surface area (Å²) in [6, 6.07) is 5.16. The highest BCUT2D eigenvalue weighted by molar-refractivity contribution is 5.99. The number of hydrogen-bond acceptors (Lipinski definition) is 5. The van der Waals surface area contributed by atoms with Gasteiger partial charge in [0.25, 0.3) is 5.91 Å². The molecule has 9 heteroatoms. The molecule has 3 heterocycles. The highest BCUT2D eigenvalue weighted by Gasteiger charge is 2.53. The van der Waals surface area contributed by atoms with Crippen LogP contribution in [-0.4, -0.2) is 69.6 Å². The topological polar surface area (TPSA) is 93.5 Å². The van der Waals surface area contributed by atoms with E-state index in [-0.39, 0.29) is 24.9 Å². The fraction of sp³-hybridized carbons (Fsp3) is 0.417. The van der Waals surface area contributed by atoms with Gasteiger partial charge in [-0.15, -0.1) is 0 Å². The molecule has 0 radical (unpaired) electrons. The normalized spacial score (nSPS) is 23.4. The third kappa shape index (κ3) is 4.59. The maximum atomic E-state index is 14.3. The van der Waals surface area contributed by atoms with Gasteiger partial charge in [-0.1, -0.05) is 32.1 Å². The number of nitrogens with one attached hydrogen (secondary N) is 1. The number of nitrogens with zero attached hydrogens (tertiary/aromatic N) is 3. The molecule has 33 heavy (non-hydrogen) atoms. The van der Waals surface area contributed by atoms with E-state index in [9.17, 15) is 18.8 Å². The van der Waals surface area contributed by atoms with Gasteiger partial charge in [0.15, 0.2) is 5.78 Å². The second-order valence-corrected chi connectivity index (χ2v) is 8.77. The van der Waals surface area contributed by atoms with E-state index in [0.717, 1.165) is 11.3 Å². The van der Waals surface area contributed by atoms with Gasteiger partial charge in [0, 0.05) is 12.6 Å². The number of likely N-dealkylation sites (tertiary alicyclic amines) is 1. The van der Waals surface area contributed by atoms with E-state index in [2.05, 4.69) is 10.3 Å². The van der Waals surface area contributed by atoms with Gasteiger partial charge in [-0.25, -0.2) is 9.37 Å². The number of fused-ring (bicyclic) bond motifs is 1. The van der Waals surface area contributed by atoms with Crippen LogP contribution < -0.4 is 5.32 Å². The molecular formula is C24H27FN4O4. The van der Waals surface area contributed by atoms with Crippen LogP contribution in [0.15, 0.2) is 36.8 Å². The Kier molecular flexibility index (Phi) is 6.42. The van der Waals surface area contributed by atoms with Crippen LogP contribution in [0.25, 0.3) is 12.2 Å². The number of ketones is 1. The minimum atomic E-state index is -1.42. The minimum Gasteiger partial charge on any atom is -0.365 e. The van der Waals surface area contributed by atoms with Crippen molar-refractivity contribution >= 4 is 29.7 Å². The summed E-state index contributed by atoms with van der Waals surface area (Å²) in [5.41, 5.74) is 2.25. The number of halogens is 1. The summed E-state index contributed by atoms with van der Waals surface area (Å²) in [5.74, 6) is -1.44. The zero-order chi connectivity index (χ0) is 23.7. The Bertz CT molecular complexity index is 1080. The molecule has 1 unspecified atom stereocenters. The van der Waals surface area contributed by atoms with E-state index < -0.39 is 36.2 Å². The monoisotopic (exact) mass is 454 g/mol. The fourth-order valence-corrected chi connectivity index (χ4v) is 4.20. The van der Waals surface area contributed by atoms with E-state index >= 15 is 0 Å². The molecule has 2 amide bonds. The van der Waals surface area contributed by atoms with Crippen molar-refractivity contribution in [2.24, 2.45) is 13.0 Å². The number of benzene rings is 1. The molecular weight excluding hydrogens is 427 g/mol. The van der Waals surface area contributed by atoms with Crippen molar-refractivity contribution in [1.82, 2.24) is 19.8 Å². The average Bonchev–Trinajstić information content (AvgIpc) is 3.47. The molecule has 4 rings (SSSR count). The third-order valence-electron chi connectivity index (χ3n) is 6.10. The van der Waals surface area contributed by atoms with Crippen LogP contribution in [0.4, 0.5) is 4.39 Å². The number of ether oxygens (including phenoxy) is 1.